The lowest BCUT2D eigenvalue weighted by Gasteiger charge is -2.30. The van der Waals surface area contributed by atoms with Crippen molar-refractivity contribution in [2.75, 3.05) is 26.2 Å². The van der Waals surface area contributed by atoms with Crippen molar-refractivity contribution in [1.82, 2.24) is 9.80 Å². The van der Waals surface area contributed by atoms with E-state index in [9.17, 15) is 0 Å². The minimum absolute atomic E-state index is 1.09. The van der Waals surface area contributed by atoms with Gasteiger partial charge in [-0.1, -0.05) is 61.4 Å². The van der Waals surface area contributed by atoms with E-state index < -0.39 is 0 Å². The number of hydrogen-bond donors (Lipinski definition) is 0. The summed E-state index contributed by atoms with van der Waals surface area (Å²) in [6.07, 6.45) is 8.19. The SMILES string of the molecule is c1ccc2c(CN3CCCCC3)c3ccccc3c(CN3CCCCC3)c2c1. The van der Waals surface area contributed by atoms with Crippen molar-refractivity contribution in [2.24, 2.45) is 0 Å². The first-order valence-electron chi connectivity index (χ1n) is 11.3. The smallest absolute Gasteiger partial charge is 0.0246 e. The molecule has 2 heterocycles. The van der Waals surface area contributed by atoms with Crippen LogP contribution >= 0.6 is 0 Å². The van der Waals surface area contributed by atoms with Gasteiger partial charge in [-0.05, 0) is 84.5 Å². The Bertz CT molecular complexity index is 814. The summed E-state index contributed by atoms with van der Waals surface area (Å²) in [6, 6.07) is 18.3. The minimum atomic E-state index is 1.09. The van der Waals surface area contributed by atoms with Crippen molar-refractivity contribution in [3.8, 4) is 0 Å². The van der Waals surface area contributed by atoms with Gasteiger partial charge in [0.1, 0.15) is 0 Å². The van der Waals surface area contributed by atoms with Crippen molar-refractivity contribution in [1.29, 1.82) is 0 Å². The van der Waals surface area contributed by atoms with Crippen LogP contribution in [0.4, 0.5) is 0 Å². The van der Waals surface area contributed by atoms with E-state index in [1.54, 1.807) is 0 Å². The van der Waals surface area contributed by atoms with Gasteiger partial charge in [0.2, 0.25) is 0 Å². The topological polar surface area (TPSA) is 6.48 Å². The van der Waals surface area contributed by atoms with E-state index in [0.29, 0.717) is 0 Å². The lowest BCUT2D eigenvalue weighted by atomic mass is 9.90. The Morgan fingerprint density at radius 2 is 0.786 bits per heavy atom. The monoisotopic (exact) mass is 372 g/mol. The average molecular weight is 373 g/mol. The van der Waals surface area contributed by atoms with Crippen LogP contribution in [0, 0.1) is 0 Å². The second-order valence-electron chi connectivity index (χ2n) is 8.72. The molecule has 146 valence electrons. The Morgan fingerprint density at radius 3 is 1.11 bits per heavy atom. The average Bonchev–Trinajstić information content (AvgIpc) is 2.77. The molecule has 2 aliphatic heterocycles. The van der Waals surface area contributed by atoms with Crippen LogP contribution in [0.3, 0.4) is 0 Å². The third kappa shape index (κ3) is 3.56. The van der Waals surface area contributed by atoms with Gasteiger partial charge in [-0.15, -0.1) is 0 Å². The second-order valence-corrected chi connectivity index (χ2v) is 8.72. The van der Waals surface area contributed by atoms with Gasteiger partial charge in [0.25, 0.3) is 0 Å². The molecule has 2 nitrogen and oxygen atoms in total. The summed E-state index contributed by atoms with van der Waals surface area (Å²) >= 11 is 0. The molecule has 0 atom stereocenters. The molecule has 28 heavy (non-hydrogen) atoms. The van der Waals surface area contributed by atoms with Crippen LogP contribution in [0.15, 0.2) is 48.5 Å². The number of fused-ring (bicyclic) bond motifs is 2. The van der Waals surface area contributed by atoms with Crippen molar-refractivity contribution >= 4 is 21.5 Å². The fourth-order valence-electron chi connectivity index (χ4n) is 5.33. The molecule has 3 aromatic rings. The van der Waals surface area contributed by atoms with E-state index in [-0.39, 0.29) is 0 Å². The molecule has 2 aliphatic rings. The number of piperidine rings is 2. The van der Waals surface area contributed by atoms with Crippen LogP contribution in [0.5, 0.6) is 0 Å². The van der Waals surface area contributed by atoms with Crippen molar-refractivity contribution in [2.45, 2.75) is 51.6 Å². The van der Waals surface area contributed by atoms with Gasteiger partial charge in [0, 0.05) is 13.1 Å². The maximum atomic E-state index is 2.67. The van der Waals surface area contributed by atoms with E-state index in [1.165, 1.54) is 97.4 Å². The van der Waals surface area contributed by atoms with Crippen molar-refractivity contribution in [3.63, 3.8) is 0 Å². The summed E-state index contributed by atoms with van der Waals surface area (Å²) in [4.78, 5) is 5.34. The first-order chi connectivity index (χ1) is 13.9. The highest BCUT2D eigenvalue weighted by Crippen LogP contribution is 2.35. The molecule has 0 radical (unpaired) electrons. The predicted molar refractivity (Wildman–Crippen MR) is 120 cm³/mol. The molecule has 2 saturated heterocycles. The fraction of sp³-hybridized carbons (Fsp3) is 0.462. The standard InChI is InChI=1S/C26H32N2/c1-7-15-27(16-8-1)19-25-21-11-3-5-13-23(21)26(20-28-17-9-2-10-18-28)24-14-6-4-12-22(24)25/h3-6,11-14H,1-2,7-10,15-20H2. The molecular weight excluding hydrogens is 340 g/mol. The van der Waals surface area contributed by atoms with Crippen LogP contribution in [0.1, 0.15) is 49.7 Å². The Hall–Kier alpha value is -1.90. The van der Waals surface area contributed by atoms with Gasteiger partial charge < -0.3 is 0 Å². The predicted octanol–water partition coefficient (Wildman–Crippen LogP) is 5.96. The fourth-order valence-corrected chi connectivity index (χ4v) is 5.33. The number of hydrogen-bond acceptors (Lipinski definition) is 2. The molecular formula is C26H32N2. The Balaban J connectivity index is 1.64. The lowest BCUT2D eigenvalue weighted by molar-refractivity contribution is 0.221. The van der Waals surface area contributed by atoms with E-state index in [4.69, 9.17) is 0 Å². The molecule has 0 bridgehead atoms. The summed E-state index contributed by atoms with van der Waals surface area (Å²) in [7, 11) is 0. The summed E-state index contributed by atoms with van der Waals surface area (Å²) in [5, 5.41) is 5.88. The maximum Gasteiger partial charge on any atom is 0.0246 e. The van der Waals surface area contributed by atoms with Crippen LogP contribution in [0.25, 0.3) is 21.5 Å². The molecule has 0 unspecified atom stereocenters. The molecule has 0 amide bonds. The lowest BCUT2D eigenvalue weighted by Crippen LogP contribution is -2.30. The quantitative estimate of drug-likeness (QED) is 0.521. The highest BCUT2D eigenvalue weighted by atomic mass is 15.1. The van der Waals surface area contributed by atoms with Gasteiger partial charge in [0.05, 0.1) is 0 Å². The second kappa shape index (κ2) is 8.23. The first-order valence-corrected chi connectivity index (χ1v) is 11.3. The summed E-state index contributed by atoms with van der Waals surface area (Å²) in [6.45, 7) is 7.17. The zero-order valence-electron chi connectivity index (χ0n) is 17.0. The van der Waals surface area contributed by atoms with Crippen LogP contribution in [-0.2, 0) is 13.1 Å². The molecule has 2 heteroatoms. The van der Waals surface area contributed by atoms with E-state index in [0.717, 1.165) is 13.1 Å². The zero-order valence-corrected chi connectivity index (χ0v) is 17.0. The first kappa shape index (κ1) is 18.1. The van der Waals surface area contributed by atoms with Gasteiger partial charge in [-0.2, -0.15) is 0 Å². The highest BCUT2D eigenvalue weighted by Gasteiger charge is 2.19. The minimum Gasteiger partial charge on any atom is -0.299 e. The Labute approximate surface area is 169 Å². The molecule has 0 aromatic heterocycles. The molecule has 5 rings (SSSR count). The van der Waals surface area contributed by atoms with Crippen molar-refractivity contribution < 1.29 is 0 Å². The van der Waals surface area contributed by atoms with Crippen LogP contribution in [-0.4, -0.2) is 36.0 Å². The summed E-state index contributed by atoms with van der Waals surface area (Å²) < 4.78 is 0. The molecule has 0 N–H and O–H groups in total. The summed E-state index contributed by atoms with van der Waals surface area (Å²) in [5.41, 5.74) is 3.07. The molecule has 0 spiro atoms. The third-order valence-corrected chi connectivity index (χ3v) is 6.82. The van der Waals surface area contributed by atoms with Crippen molar-refractivity contribution in [3.05, 3.63) is 59.7 Å². The van der Waals surface area contributed by atoms with E-state index in [1.807, 2.05) is 0 Å². The van der Waals surface area contributed by atoms with Gasteiger partial charge in [-0.3, -0.25) is 9.80 Å². The zero-order chi connectivity index (χ0) is 18.8. The van der Waals surface area contributed by atoms with Gasteiger partial charge in [-0.25, -0.2) is 0 Å². The maximum absolute atomic E-state index is 2.67. The van der Waals surface area contributed by atoms with Gasteiger partial charge >= 0.3 is 0 Å². The summed E-state index contributed by atoms with van der Waals surface area (Å²) in [5.74, 6) is 0. The number of nitrogens with zero attached hydrogens (tertiary/aromatic N) is 2. The Kier molecular flexibility index (Phi) is 5.33. The number of rotatable bonds is 4. The van der Waals surface area contributed by atoms with Crippen LogP contribution in [0.2, 0.25) is 0 Å². The highest BCUT2D eigenvalue weighted by molar-refractivity contribution is 6.05. The molecule has 0 saturated carbocycles. The third-order valence-electron chi connectivity index (χ3n) is 6.82. The Morgan fingerprint density at radius 1 is 0.464 bits per heavy atom. The molecule has 3 aromatic carbocycles. The number of likely N-dealkylation sites (tertiary alicyclic amines) is 2. The largest absolute Gasteiger partial charge is 0.299 e. The normalized spacial score (nSPS) is 19.4. The van der Waals surface area contributed by atoms with E-state index >= 15 is 0 Å². The molecule has 0 aliphatic carbocycles. The van der Waals surface area contributed by atoms with Gasteiger partial charge in [0.15, 0.2) is 0 Å². The number of benzene rings is 3. The molecule has 2 fully saturated rings. The van der Waals surface area contributed by atoms with E-state index in [2.05, 4.69) is 58.3 Å². The van der Waals surface area contributed by atoms with Crippen LogP contribution < -0.4 is 0 Å².